The van der Waals surface area contributed by atoms with E-state index in [-0.39, 0.29) is 5.91 Å². The first-order valence-corrected chi connectivity index (χ1v) is 7.51. The van der Waals surface area contributed by atoms with Crippen LogP contribution in [-0.4, -0.2) is 15.9 Å². The van der Waals surface area contributed by atoms with Gasteiger partial charge >= 0.3 is 0 Å². The molecule has 0 aliphatic heterocycles. The number of aryl methyl sites for hydroxylation is 2. The van der Waals surface area contributed by atoms with Crippen molar-refractivity contribution < 1.29 is 4.79 Å². The third kappa shape index (κ3) is 2.87. The second-order valence-electron chi connectivity index (χ2n) is 4.88. The van der Waals surface area contributed by atoms with Crippen molar-refractivity contribution in [2.24, 2.45) is 0 Å². The van der Waals surface area contributed by atoms with Crippen molar-refractivity contribution in [3.8, 4) is 0 Å². The number of aromatic nitrogens is 2. The van der Waals surface area contributed by atoms with Gasteiger partial charge in [-0.3, -0.25) is 4.79 Å². The predicted octanol–water partition coefficient (Wildman–Crippen LogP) is 2.67. The monoisotopic (exact) mass is 275 g/mol. The van der Waals surface area contributed by atoms with Gasteiger partial charge in [-0.25, -0.2) is 4.98 Å². The number of imidazole rings is 1. The van der Waals surface area contributed by atoms with Crippen molar-refractivity contribution in [2.45, 2.75) is 38.6 Å². The van der Waals surface area contributed by atoms with Gasteiger partial charge in [0, 0.05) is 11.1 Å². The fraction of sp³-hybridized carbons (Fsp3) is 0.429. The number of rotatable bonds is 3. The normalized spacial score (nSPS) is 14.7. The molecular formula is C14H17N3OS. The van der Waals surface area contributed by atoms with Crippen molar-refractivity contribution in [1.82, 2.24) is 15.3 Å². The zero-order valence-electron chi connectivity index (χ0n) is 10.7. The molecule has 19 heavy (non-hydrogen) atoms. The maximum absolute atomic E-state index is 12.1. The number of carbonyl (C=O) groups is 1. The van der Waals surface area contributed by atoms with E-state index in [9.17, 15) is 4.79 Å². The third-order valence-corrected chi connectivity index (χ3v) is 4.70. The Labute approximate surface area is 116 Å². The molecule has 0 radical (unpaired) electrons. The molecule has 2 heterocycles. The SMILES string of the molecule is O=C(NCc1cnc[nH]1)c1cc2c(s1)CCCCC2. The molecule has 0 spiro atoms. The second kappa shape index (κ2) is 5.57. The van der Waals surface area contributed by atoms with Crippen LogP contribution in [0.1, 0.15) is 45.1 Å². The molecule has 2 aromatic rings. The van der Waals surface area contributed by atoms with Crippen molar-refractivity contribution >= 4 is 17.2 Å². The van der Waals surface area contributed by atoms with E-state index in [4.69, 9.17) is 0 Å². The molecule has 2 N–H and O–H groups in total. The highest BCUT2D eigenvalue weighted by Gasteiger charge is 2.16. The lowest BCUT2D eigenvalue weighted by atomic mass is 10.1. The molecule has 0 fully saturated rings. The third-order valence-electron chi connectivity index (χ3n) is 3.46. The number of aromatic amines is 1. The quantitative estimate of drug-likeness (QED) is 0.846. The number of nitrogens with one attached hydrogen (secondary N) is 2. The summed E-state index contributed by atoms with van der Waals surface area (Å²) in [5.41, 5.74) is 2.31. The molecule has 5 heteroatoms. The van der Waals surface area contributed by atoms with Gasteiger partial charge in [-0.05, 0) is 37.3 Å². The van der Waals surface area contributed by atoms with Gasteiger partial charge in [0.15, 0.2) is 0 Å². The lowest BCUT2D eigenvalue weighted by Crippen LogP contribution is -2.21. The van der Waals surface area contributed by atoms with E-state index in [1.54, 1.807) is 23.9 Å². The summed E-state index contributed by atoms with van der Waals surface area (Å²) in [6, 6.07) is 2.08. The Kier molecular flexibility index (Phi) is 3.64. The molecule has 0 aromatic carbocycles. The minimum Gasteiger partial charge on any atom is -0.347 e. The Balaban J connectivity index is 1.66. The lowest BCUT2D eigenvalue weighted by molar-refractivity contribution is 0.0954. The van der Waals surface area contributed by atoms with Crippen LogP contribution in [-0.2, 0) is 19.4 Å². The average molecular weight is 275 g/mol. The Hall–Kier alpha value is -1.62. The van der Waals surface area contributed by atoms with E-state index in [0.29, 0.717) is 6.54 Å². The largest absolute Gasteiger partial charge is 0.347 e. The van der Waals surface area contributed by atoms with E-state index >= 15 is 0 Å². The molecule has 1 aliphatic carbocycles. The highest BCUT2D eigenvalue weighted by molar-refractivity contribution is 7.14. The van der Waals surface area contributed by atoms with Crippen molar-refractivity contribution in [3.05, 3.63) is 39.6 Å². The van der Waals surface area contributed by atoms with Gasteiger partial charge in [0.05, 0.1) is 23.4 Å². The van der Waals surface area contributed by atoms with Crippen LogP contribution in [0.4, 0.5) is 0 Å². The Morgan fingerprint density at radius 3 is 3.11 bits per heavy atom. The van der Waals surface area contributed by atoms with Crippen LogP contribution in [0.5, 0.6) is 0 Å². The molecule has 2 aromatic heterocycles. The Morgan fingerprint density at radius 2 is 2.26 bits per heavy atom. The maximum atomic E-state index is 12.1. The highest BCUT2D eigenvalue weighted by atomic mass is 32.1. The minimum absolute atomic E-state index is 0.0210. The molecule has 1 aliphatic rings. The van der Waals surface area contributed by atoms with Crippen LogP contribution in [0.3, 0.4) is 0 Å². The standard InChI is InChI=1S/C14H17N3OS/c18-14(16-8-11-7-15-9-17-11)13-6-10-4-2-1-3-5-12(10)19-13/h6-7,9H,1-5,8H2,(H,15,17)(H,16,18). The number of amides is 1. The molecule has 1 amide bonds. The summed E-state index contributed by atoms with van der Waals surface area (Å²) in [6.07, 6.45) is 9.41. The molecule has 0 saturated heterocycles. The Bertz CT molecular complexity index is 536. The smallest absolute Gasteiger partial charge is 0.261 e. The zero-order chi connectivity index (χ0) is 13.1. The van der Waals surface area contributed by atoms with Gasteiger partial charge in [0.2, 0.25) is 0 Å². The minimum atomic E-state index is 0.0210. The summed E-state index contributed by atoms with van der Waals surface area (Å²) in [5, 5.41) is 2.93. The van der Waals surface area contributed by atoms with Crippen LogP contribution in [0.15, 0.2) is 18.6 Å². The molecule has 100 valence electrons. The number of carbonyl (C=O) groups excluding carboxylic acids is 1. The average Bonchev–Trinajstić information content (AvgIpc) is 3.02. The number of thiophene rings is 1. The maximum Gasteiger partial charge on any atom is 0.261 e. The van der Waals surface area contributed by atoms with Crippen LogP contribution < -0.4 is 5.32 Å². The lowest BCUT2D eigenvalue weighted by Gasteiger charge is -2.00. The number of hydrogen-bond donors (Lipinski definition) is 2. The van der Waals surface area contributed by atoms with Gasteiger partial charge in [0.1, 0.15) is 0 Å². The molecule has 0 atom stereocenters. The molecule has 3 rings (SSSR count). The van der Waals surface area contributed by atoms with Crippen LogP contribution >= 0.6 is 11.3 Å². The summed E-state index contributed by atoms with van der Waals surface area (Å²) in [6.45, 7) is 0.501. The number of H-pyrrole nitrogens is 1. The van der Waals surface area contributed by atoms with Gasteiger partial charge in [-0.2, -0.15) is 0 Å². The summed E-state index contributed by atoms with van der Waals surface area (Å²) in [5.74, 6) is 0.0210. The van der Waals surface area contributed by atoms with Gasteiger partial charge in [-0.15, -0.1) is 11.3 Å². The zero-order valence-corrected chi connectivity index (χ0v) is 11.6. The number of nitrogens with zero attached hydrogens (tertiary/aromatic N) is 1. The molecule has 0 unspecified atom stereocenters. The first kappa shape index (κ1) is 12.4. The summed E-state index contributed by atoms with van der Waals surface area (Å²) in [7, 11) is 0. The van der Waals surface area contributed by atoms with Crippen LogP contribution in [0.25, 0.3) is 0 Å². The van der Waals surface area contributed by atoms with Crippen LogP contribution in [0, 0.1) is 0 Å². The fourth-order valence-electron chi connectivity index (χ4n) is 2.42. The number of hydrogen-bond acceptors (Lipinski definition) is 3. The first-order valence-electron chi connectivity index (χ1n) is 6.70. The molecular weight excluding hydrogens is 258 g/mol. The van der Waals surface area contributed by atoms with Crippen molar-refractivity contribution in [1.29, 1.82) is 0 Å². The topological polar surface area (TPSA) is 57.8 Å². The van der Waals surface area contributed by atoms with E-state index in [0.717, 1.165) is 23.4 Å². The van der Waals surface area contributed by atoms with Crippen LogP contribution in [0.2, 0.25) is 0 Å². The second-order valence-corrected chi connectivity index (χ2v) is 6.02. The first-order chi connectivity index (χ1) is 9.33. The fourth-order valence-corrected chi connectivity index (χ4v) is 3.59. The Morgan fingerprint density at radius 1 is 1.37 bits per heavy atom. The van der Waals surface area contributed by atoms with E-state index in [2.05, 4.69) is 21.4 Å². The van der Waals surface area contributed by atoms with E-state index in [1.807, 2.05) is 0 Å². The van der Waals surface area contributed by atoms with Gasteiger partial charge in [-0.1, -0.05) is 6.42 Å². The predicted molar refractivity (Wildman–Crippen MR) is 75.3 cm³/mol. The molecule has 4 nitrogen and oxygen atoms in total. The van der Waals surface area contributed by atoms with Crippen molar-refractivity contribution in [3.63, 3.8) is 0 Å². The molecule has 0 saturated carbocycles. The summed E-state index contributed by atoms with van der Waals surface area (Å²) in [4.78, 5) is 21.3. The van der Waals surface area contributed by atoms with Gasteiger partial charge in [0.25, 0.3) is 5.91 Å². The summed E-state index contributed by atoms with van der Waals surface area (Å²) >= 11 is 1.66. The van der Waals surface area contributed by atoms with E-state index < -0.39 is 0 Å². The van der Waals surface area contributed by atoms with Crippen molar-refractivity contribution in [2.75, 3.05) is 0 Å². The highest BCUT2D eigenvalue weighted by Crippen LogP contribution is 2.28. The summed E-state index contributed by atoms with van der Waals surface area (Å²) < 4.78 is 0. The number of fused-ring (bicyclic) bond motifs is 1. The molecule has 0 bridgehead atoms. The van der Waals surface area contributed by atoms with E-state index in [1.165, 1.54) is 29.7 Å². The van der Waals surface area contributed by atoms with Gasteiger partial charge < -0.3 is 10.3 Å².